The van der Waals surface area contributed by atoms with E-state index in [9.17, 15) is 19.8 Å². The van der Waals surface area contributed by atoms with E-state index in [0.29, 0.717) is 0 Å². The Morgan fingerprint density at radius 3 is 2.40 bits per heavy atom. The van der Waals surface area contributed by atoms with Gasteiger partial charge in [-0.3, -0.25) is 4.79 Å². The number of hydroxylamine groups is 2. The van der Waals surface area contributed by atoms with Crippen LogP contribution in [0, 0.1) is 0 Å². The highest BCUT2D eigenvalue weighted by molar-refractivity contribution is 5.78. The summed E-state index contributed by atoms with van der Waals surface area (Å²) in [5, 5.41) is 20.3. The highest BCUT2D eigenvalue weighted by atomic mass is 16.8. The summed E-state index contributed by atoms with van der Waals surface area (Å²) in [6, 6.07) is 12.6. The Bertz CT molecular complexity index is 947. The van der Waals surface area contributed by atoms with E-state index in [4.69, 9.17) is 9.57 Å². The topological polar surface area (TPSA) is 96.3 Å². The third-order valence-corrected chi connectivity index (χ3v) is 5.09. The van der Waals surface area contributed by atoms with Gasteiger partial charge in [0.25, 0.3) is 0 Å². The Hall–Kier alpha value is -2.90. The third kappa shape index (κ3) is 4.47. The van der Waals surface area contributed by atoms with Crippen LogP contribution in [-0.4, -0.2) is 45.1 Å². The van der Waals surface area contributed by atoms with E-state index in [2.05, 4.69) is 12.1 Å². The van der Waals surface area contributed by atoms with Gasteiger partial charge >= 0.3 is 12.1 Å². The van der Waals surface area contributed by atoms with Crippen molar-refractivity contribution in [1.29, 1.82) is 0 Å². The second-order valence-electron chi connectivity index (χ2n) is 8.43. The Morgan fingerprint density at radius 1 is 1.10 bits per heavy atom. The van der Waals surface area contributed by atoms with Crippen molar-refractivity contribution < 1.29 is 29.4 Å². The fourth-order valence-electron chi connectivity index (χ4n) is 3.72. The summed E-state index contributed by atoms with van der Waals surface area (Å²) in [6.07, 6.45) is -1.52. The minimum absolute atomic E-state index is 0.000392. The van der Waals surface area contributed by atoms with Gasteiger partial charge in [-0.2, -0.15) is 0 Å². The Kier molecular flexibility index (Phi) is 6.14. The maximum absolute atomic E-state index is 12.4. The molecule has 2 aromatic carbocycles. The summed E-state index contributed by atoms with van der Waals surface area (Å²) >= 11 is 0. The fraction of sp³-hybridized carbons (Fsp3) is 0.391. The Morgan fingerprint density at radius 2 is 1.77 bits per heavy atom. The molecule has 7 heteroatoms. The molecular weight excluding hydrogens is 386 g/mol. The zero-order chi connectivity index (χ0) is 22.1. The highest BCUT2D eigenvalue weighted by Gasteiger charge is 2.40. The van der Waals surface area contributed by atoms with Crippen molar-refractivity contribution in [3.63, 3.8) is 0 Å². The zero-order valence-corrected chi connectivity index (χ0v) is 17.6. The fourth-order valence-corrected chi connectivity index (χ4v) is 3.72. The molecule has 2 N–H and O–H groups in total. The second-order valence-corrected chi connectivity index (χ2v) is 8.43. The number of carbonyl (C=O) groups is 2. The molecule has 0 bridgehead atoms. The summed E-state index contributed by atoms with van der Waals surface area (Å²) in [6.45, 7) is 6.37. The molecule has 2 unspecified atom stereocenters. The normalized spacial score (nSPS) is 14.6. The molecule has 2 atom stereocenters. The van der Waals surface area contributed by atoms with E-state index in [1.54, 1.807) is 20.8 Å². The SMILES string of the molecule is CC(O)C(C(=O)O)N(OC(=O)OCc1cccc2c1Cc1ccccc1-2)C(C)(C)C. The number of carboxylic acids is 1. The van der Waals surface area contributed by atoms with Gasteiger partial charge in [0, 0.05) is 5.54 Å². The van der Waals surface area contributed by atoms with Crippen LogP contribution in [0.25, 0.3) is 11.1 Å². The maximum Gasteiger partial charge on any atom is 0.528 e. The van der Waals surface area contributed by atoms with Crippen molar-refractivity contribution in [2.75, 3.05) is 0 Å². The summed E-state index contributed by atoms with van der Waals surface area (Å²) in [5.74, 6) is -1.30. The number of rotatable bonds is 6. The van der Waals surface area contributed by atoms with Crippen LogP contribution < -0.4 is 0 Å². The molecular formula is C23H27NO6. The molecule has 0 amide bonds. The number of nitrogens with zero attached hydrogens (tertiary/aromatic N) is 1. The average Bonchev–Trinajstić information content (AvgIpc) is 3.04. The quantitative estimate of drug-likeness (QED) is 0.469. The summed E-state index contributed by atoms with van der Waals surface area (Å²) in [7, 11) is 0. The number of carbonyl (C=O) groups excluding carboxylic acids is 1. The lowest BCUT2D eigenvalue weighted by atomic mass is 10.0. The maximum atomic E-state index is 12.4. The number of ether oxygens (including phenoxy) is 1. The molecule has 7 nitrogen and oxygen atoms in total. The molecule has 0 aliphatic heterocycles. The largest absolute Gasteiger partial charge is 0.528 e. The lowest BCUT2D eigenvalue weighted by Gasteiger charge is -2.37. The van der Waals surface area contributed by atoms with Gasteiger partial charge in [0.2, 0.25) is 0 Å². The van der Waals surface area contributed by atoms with E-state index in [-0.39, 0.29) is 6.61 Å². The molecule has 3 rings (SSSR count). The van der Waals surface area contributed by atoms with E-state index in [0.717, 1.165) is 28.2 Å². The molecule has 30 heavy (non-hydrogen) atoms. The van der Waals surface area contributed by atoms with E-state index in [1.807, 2.05) is 30.3 Å². The first kappa shape index (κ1) is 21.8. The minimum atomic E-state index is -1.42. The predicted octanol–water partition coefficient (Wildman–Crippen LogP) is 3.76. The van der Waals surface area contributed by atoms with Gasteiger partial charge in [-0.1, -0.05) is 42.5 Å². The second kappa shape index (κ2) is 8.45. The van der Waals surface area contributed by atoms with Gasteiger partial charge in [-0.25, -0.2) is 4.79 Å². The van der Waals surface area contributed by atoms with Crippen LogP contribution in [0.2, 0.25) is 0 Å². The van der Waals surface area contributed by atoms with Crippen molar-refractivity contribution in [2.45, 2.75) is 58.4 Å². The van der Waals surface area contributed by atoms with E-state index < -0.39 is 29.8 Å². The van der Waals surface area contributed by atoms with Gasteiger partial charge in [0.05, 0.1) is 6.10 Å². The molecule has 0 fully saturated rings. The molecule has 0 heterocycles. The first-order chi connectivity index (χ1) is 14.1. The lowest BCUT2D eigenvalue weighted by molar-refractivity contribution is -0.225. The molecule has 0 saturated heterocycles. The first-order valence-corrected chi connectivity index (χ1v) is 9.83. The van der Waals surface area contributed by atoms with Gasteiger partial charge < -0.3 is 19.8 Å². The van der Waals surface area contributed by atoms with Crippen molar-refractivity contribution in [2.24, 2.45) is 0 Å². The van der Waals surface area contributed by atoms with Crippen molar-refractivity contribution in [1.82, 2.24) is 5.06 Å². The molecule has 1 aliphatic rings. The number of fused-ring (bicyclic) bond motifs is 3. The highest BCUT2D eigenvalue weighted by Crippen LogP contribution is 2.38. The van der Waals surface area contributed by atoms with Crippen molar-refractivity contribution >= 4 is 12.1 Å². The van der Waals surface area contributed by atoms with Crippen molar-refractivity contribution in [3.05, 3.63) is 59.2 Å². The monoisotopic (exact) mass is 413 g/mol. The molecule has 0 radical (unpaired) electrons. The summed E-state index contributed by atoms with van der Waals surface area (Å²) < 4.78 is 5.31. The van der Waals surface area contributed by atoms with E-state index in [1.165, 1.54) is 18.1 Å². The number of aliphatic carboxylic acids is 1. The zero-order valence-electron chi connectivity index (χ0n) is 17.6. The average molecular weight is 413 g/mol. The third-order valence-electron chi connectivity index (χ3n) is 5.09. The van der Waals surface area contributed by atoms with Gasteiger partial charge in [0.1, 0.15) is 6.61 Å². The number of hydrogen-bond acceptors (Lipinski definition) is 6. The molecule has 0 aromatic heterocycles. The van der Waals surface area contributed by atoms with Crippen molar-refractivity contribution in [3.8, 4) is 11.1 Å². The molecule has 0 saturated carbocycles. The smallest absolute Gasteiger partial charge is 0.480 e. The minimum Gasteiger partial charge on any atom is -0.480 e. The molecule has 0 spiro atoms. The lowest BCUT2D eigenvalue weighted by Crippen LogP contribution is -2.56. The van der Waals surface area contributed by atoms with Crippen LogP contribution in [-0.2, 0) is 27.4 Å². The van der Waals surface area contributed by atoms with Crippen LogP contribution in [0.3, 0.4) is 0 Å². The van der Waals surface area contributed by atoms with Gasteiger partial charge in [0.15, 0.2) is 6.04 Å². The number of benzene rings is 2. The number of aliphatic hydroxyl groups excluding tert-OH is 1. The number of hydrogen-bond donors (Lipinski definition) is 2. The molecule has 1 aliphatic carbocycles. The number of aliphatic hydroxyl groups is 1. The Labute approximate surface area is 175 Å². The van der Waals surface area contributed by atoms with E-state index >= 15 is 0 Å². The Balaban J connectivity index is 1.72. The van der Waals surface area contributed by atoms with Gasteiger partial charge in [-0.15, -0.1) is 5.06 Å². The first-order valence-electron chi connectivity index (χ1n) is 9.83. The standard InChI is InChI=1S/C23H27NO6/c1-14(25)20(21(26)27)24(23(2,3)4)30-22(28)29-13-16-9-7-11-18-17-10-6-5-8-15(17)12-19(16)18/h5-11,14,20,25H,12-13H2,1-4H3,(H,26,27). The predicted molar refractivity (Wildman–Crippen MR) is 111 cm³/mol. The van der Waals surface area contributed by atoms with Crippen LogP contribution in [0.5, 0.6) is 0 Å². The summed E-state index contributed by atoms with van der Waals surface area (Å²) in [5.41, 5.74) is 4.63. The van der Waals surface area contributed by atoms with Gasteiger partial charge in [-0.05, 0) is 61.9 Å². The van der Waals surface area contributed by atoms with Crippen LogP contribution in [0.1, 0.15) is 44.4 Å². The number of carboxylic acid groups (broad SMARTS) is 1. The molecule has 160 valence electrons. The van der Waals surface area contributed by atoms with Crippen LogP contribution >= 0.6 is 0 Å². The molecule has 2 aromatic rings. The summed E-state index contributed by atoms with van der Waals surface area (Å²) in [4.78, 5) is 29.2. The van der Waals surface area contributed by atoms with Crippen LogP contribution in [0.15, 0.2) is 42.5 Å². The van der Waals surface area contributed by atoms with Crippen LogP contribution in [0.4, 0.5) is 4.79 Å².